The van der Waals surface area contributed by atoms with E-state index in [0.717, 1.165) is 5.56 Å². The fourth-order valence-corrected chi connectivity index (χ4v) is 3.40. The molecule has 1 aromatic carbocycles. The maximum absolute atomic E-state index is 12.3. The van der Waals surface area contributed by atoms with Crippen LogP contribution in [0.5, 0.6) is 0 Å². The molecular weight excluding hydrogens is 262 g/mol. The van der Waals surface area contributed by atoms with Crippen molar-refractivity contribution in [3.63, 3.8) is 0 Å². The molecule has 0 spiro atoms. The topological polar surface area (TPSA) is 64.0 Å². The van der Waals surface area contributed by atoms with Gasteiger partial charge in [0.15, 0.2) is 0 Å². The zero-order valence-electron chi connectivity index (χ0n) is 11.2. The van der Waals surface area contributed by atoms with Crippen LogP contribution in [0.1, 0.15) is 24.2 Å². The van der Waals surface area contributed by atoms with Crippen LogP contribution in [0.4, 0.5) is 0 Å². The van der Waals surface area contributed by atoms with Crippen molar-refractivity contribution in [1.29, 1.82) is 0 Å². The molecule has 0 saturated carbocycles. The van der Waals surface area contributed by atoms with Crippen LogP contribution in [0.15, 0.2) is 41.4 Å². The highest BCUT2D eigenvalue weighted by molar-refractivity contribution is 7.89. The van der Waals surface area contributed by atoms with Gasteiger partial charge in [-0.05, 0) is 19.4 Å². The summed E-state index contributed by atoms with van der Waals surface area (Å²) in [6, 6.07) is 9.17. The minimum Gasteiger partial charge on any atom is -0.274 e. The lowest BCUT2D eigenvalue weighted by atomic mass is 10.1. The number of nitrogens with one attached hydrogen (secondary N) is 1. The SMILES string of the molecule is Cc1nn(C)cc1S(=O)(=O)NC(C)c1ccccc1. The molecule has 2 rings (SSSR count). The van der Waals surface area contributed by atoms with Gasteiger partial charge in [-0.25, -0.2) is 13.1 Å². The summed E-state index contributed by atoms with van der Waals surface area (Å²) in [4.78, 5) is 0.220. The predicted molar refractivity (Wildman–Crippen MR) is 73.1 cm³/mol. The molecular formula is C13H17N3O2S. The Morgan fingerprint density at radius 2 is 1.89 bits per heavy atom. The highest BCUT2D eigenvalue weighted by atomic mass is 32.2. The third-order valence-electron chi connectivity index (χ3n) is 2.89. The van der Waals surface area contributed by atoms with Crippen molar-refractivity contribution < 1.29 is 8.42 Å². The summed E-state index contributed by atoms with van der Waals surface area (Å²) in [7, 11) is -1.85. The second kappa shape index (κ2) is 5.14. The van der Waals surface area contributed by atoms with Gasteiger partial charge in [0.25, 0.3) is 0 Å². The van der Waals surface area contributed by atoms with E-state index in [1.54, 1.807) is 14.0 Å². The van der Waals surface area contributed by atoms with Crippen molar-refractivity contribution in [2.24, 2.45) is 7.05 Å². The molecule has 0 saturated heterocycles. The maximum atomic E-state index is 12.3. The zero-order chi connectivity index (χ0) is 14.0. The minimum absolute atomic E-state index is 0.220. The molecule has 0 amide bonds. The Morgan fingerprint density at radius 3 is 2.42 bits per heavy atom. The van der Waals surface area contributed by atoms with E-state index >= 15 is 0 Å². The summed E-state index contributed by atoms with van der Waals surface area (Å²) in [5.74, 6) is 0. The van der Waals surface area contributed by atoms with E-state index in [9.17, 15) is 8.42 Å². The van der Waals surface area contributed by atoms with Crippen molar-refractivity contribution >= 4 is 10.0 Å². The van der Waals surface area contributed by atoms with Crippen LogP contribution < -0.4 is 4.72 Å². The van der Waals surface area contributed by atoms with Crippen molar-refractivity contribution in [2.45, 2.75) is 24.8 Å². The fourth-order valence-electron chi connectivity index (χ4n) is 1.95. The van der Waals surface area contributed by atoms with Crippen LogP contribution in [0.25, 0.3) is 0 Å². The highest BCUT2D eigenvalue weighted by Gasteiger charge is 2.22. The number of benzene rings is 1. The van der Waals surface area contributed by atoms with Crippen LogP contribution in [-0.2, 0) is 17.1 Å². The third-order valence-corrected chi connectivity index (χ3v) is 4.53. The number of nitrogens with zero attached hydrogens (tertiary/aromatic N) is 2. The van der Waals surface area contributed by atoms with E-state index in [1.165, 1.54) is 10.9 Å². The van der Waals surface area contributed by atoms with Gasteiger partial charge in [0.1, 0.15) is 4.90 Å². The monoisotopic (exact) mass is 279 g/mol. The smallest absolute Gasteiger partial charge is 0.244 e. The molecule has 5 nitrogen and oxygen atoms in total. The Balaban J connectivity index is 2.25. The minimum atomic E-state index is -3.55. The summed E-state index contributed by atoms with van der Waals surface area (Å²) >= 11 is 0. The molecule has 102 valence electrons. The van der Waals surface area contributed by atoms with Crippen LogP contribution in [0, 0.1) is 6.92 Å². The first-order valence-corrected chi connectivity index (χ1v) is 7.46. The van der Waals surface area contributed by atoms with Crippen molar-refractivity contribution in [2.75, 3.05) is 0 Å². The van der Waals surface area contributed by atoms with Gasteiger partial charge in [0.05, 0.1) is 5.69 Å². The van der Waals surface area contributed by atoms with Crippen LogP contribution in [-0.4, -0.2) is 18.2 Å². The molecule has 0 radical (unpaired) electrons. The van der Waals surface area contributed by atoms with Gasteiger partial charge in [0.2, 0.25) is 10.0 Å². The van der Waals surface area contributed by atoms with Gasteiger partial charge in [-0.15, -0.1) is 0 Å². The molecule has 19 heavy (non-hydrogen) atoms. The Kier molecular flexibility index (Phi) is 3.73. The fraction of sp³-hybridized carbons (Fsp3) is 0.308. The summed E-state index contributed by atoms with van der Waals surface area (Å²) in [5.41, 5.74) is 1.42. The summed E-state index contributed by atoms with van der Waals surface area (Å²) in [6.07, 6.45) is 1.51. The lowest BCUT2D eigenvalue weighted by molar-refractivity contribution is 0.566. The van der Waals surface area contributed by atoms with Crippen molar-refractivity contribution in [1.82, 2.24) is 14.5 Å². The number of rotatable bonds is 4. The molecule has 1 unspecified atom stereocenters. The number of hydrogen-bond donors (Lipinski definition) is 1. The second-order valence-corrected chi connectivity index (χ2v) is 6.19. The first-order valence-electron chi connectivity index (χ1n) is 5.97. The first-order chi connectivity index (χ1) is 8.90. The van der Waals surface area contributed by atoms with E-state index in [2.05, 4.69) is 9.82 Å². The number of hydrogen-bond acceptors (Lipinski definition) is 3. The molecule has 1 atom stereocenters. The molecule has 6 heteroatoms. The lowest BCUT2D eigenvalue weighted by Gasteiger charge is -2.14. The average Bonchev–Trinajstić information content (AvgIpc) is 2.70. The molecule has 1 N–H and O–H groups in total. The van der Waals surface area contributed by atoms with E-state index in [-0.39, 0.29) is 10.9 Å². The summed E-state index contributed by atoms with van der Waals surface area (Å²) in [5, 5.41) is 4.05. The third kappa shape index (κ3) is 3.02. The lowest BCUT2D eigenvalue weighted by Crippen LogP contribution is -2.27. The second-order valence-electron chi connectivity index (χ2n) is 4.51. The van der Waals surface area contributed by atoms with E-state index < -0.39 is 10.0 Å². The van der Waals surface area contributed by atoms with Gasteiger partial charge < -0.3 is 0 Å². The van der Waals surface area contributed by atoms with Crippen molar-refractivity contribution in [3.8, 4) is 0 Å². The molecule has 0 bridgehead atoms. The van der Waals surface area contributed by atoms with Gasteiger partial charge in [-0.2, -0.15) is 5.10 Å². The van der Waals surface area contributed by atoms with E-state index in [4.69, 9.17) is 0 Å². The largest absolute Gasteiger partial charge is 0.274 e. The average molecular weight is 279 g/mol. The van der Waals surface area contributed by atoms with Crippen LogP contribution in [0.3, 0.4) is 0 Å². The Bertz CT molecular complexity index is 662. The van der Waals surface area contributed by atoms with Crippen molar-refractivity contribution in [3.05, 3.63) is 47.8 Å². The Morgan fingerprint density at radius 1 is 1.26 bits per heavy atom. The van der Waals surface area contributed by atoms with E-state index in [1.807, 2.05) is 37.3 Å². The molecule has 0 aliphatic carbocycles. The van der Waals surface area contributed by atoms with Gasteiger partial charge in [0, 0.05) is 19.3 Å². The highest BCUT2D eigenvalue weighted by Crippen LogP contribution is 2.18. The molecule has 0 fully saturated rings. The Labute approximate surface area is 113 Å². The predicted octanol–water partition coefficient (Wildman–Crippen LogP) is 1.77. The quantitative estimate of drug-likeness (QED) is 0.927. The first kappa shape index (κ1) is 13.8. The van der Waals surface area contributed by atoms with Gasteiger partial charge in [-0.1, -0.05) is 30.3 Å². The summed E-state index contributed by atoms with van der Waals surface area (Å²) < 4.78 is 28.7. The zero-order valence-corrected chi connectivity index (χ0v) is 12.0. The van der Waals surface area contributed by atoms with Gasteiger partial charge in [-0.3, -0.25) is 4.68 Å². The number of aryl methyl sites for hydroxylation is 2. The molecule has 0 aliphatic heterocycles. The van der Waals surface area contributed by atoms with Crippen LogP contribution >= 0.6 is 0 Å². The summed E-state index contributed by atoms with van der Waals surface area (Å²) in [6.45, 7) is 3.50. The normalized spacial score (nSPS) is 13.4. The van der Waals surface area contributed by atoms with Crippen LogP contribution in [0.2, 0.25) is 0 Å². The van der Waals surface area contributed by atoms with E-state index in [0.29, 0.717) is 5.69 Å². The van der Waals surface area contributed by atoms with Gasteiger partial charge >= 0.3 is 0 Å². The molecule has 2 aromatic rings. The molecule has 1 heterocycles. The number of sulfonamides is 1. The maximum Gasteiger partial charge on any atom is 0.244 e. The molecule has 0 aliphatic rings. The number of aromatic nitrogens is 2. The Hall–Kier alpha value is -1.66. The standard InChI is InChI=1S/C13H17N3O2S/c1-10(12-7-5-4-6-8-12)15-19(17,18)13-9-16(3)14-11(13)2/h4-10,15H,1-3H3. The molecule has 1 aromatic heterocycles.